The number of nitrogens with zero attached hydrogens (tertiary/aromatic N) is 4. The Morgan fingerprint density at radius 1 is 1.07 bits per heavy atom. The summed E-state index contributed by atoms with van der Waals surface area (Å²) in [6.07, 6.45) is 0.340. The molecule has 1 aliphatic rings. The van der Waals surface area contributed by atoms with Crippen LogP contribution in [0.3, 0.4) is 0 Å². The van der Waals surface area contributed by atoms with Gasteiger partial charge in [-0.2, -0.15) is 0 Å². The number of aryl methyl sites for hydroxylation is 1. The molecule has 2 aromatic carbocycles. The number of anilines is 1. The third-order valence-corrected chi connectivity index (χ3v) is 5.39. The van der Waals surface area contributed by atoms with Gasteiger partial charge >= 0.3 is 0 Å². The first-order valence-electron chi connectivity index (χ1n) is 9.68. The zero-order chi connectivity index (χ0) is 20.4. The number of piperazine rings is 1. The molecule has 3 aromatic rings. The smallest absolute Gasteiger partial charge is 0.293 e. The zero-order valence-corrected chi connectivity index (χ0v) is 16.7. The molecule has 1 aromatic heterocycles. The molecule has 4 rings (SSSR count). The van der Waals surface area contributed by atoms with Gasteiger partial charge in [0, 0.05) is 33.2 Å². The standard InChI is InChI=1S/C22H24N4O3/c1-24-19-9-4-3-8-18(19)23-21(22(24)28)26-12-10-25(11-13-26)20(27)15-16-6-5-7-17(14-16)29-2/h3-9,14H,10-13,15H2,1-2H3. The molecule has 0 bridgehead atoms. The number of aromatic nitrogens is 2. The monoisotopic (exact) mass is 392 g/mol. The van der Waals surface area contributed by atoms with Crippen molar-refractivity contribution in [2.75, 3.05) is 38.2 Å². The molecule has 7 heteroatoms. The number of fused-ring (bicyclic) bond motifs is 1. The van der Waals surface area contributed by atoms with Gasteiger partial charge in [-0.3, -0.25) is 9.59 Å². The van der Waals surface area contributed by atoms with Crippen molar-refractivity contribution in [2.24, 2.45) is 7.05 Å². The van der Waals surface area contributed by atoms with Crippen LogP contribution in [0.2, 0.25) is 0 Å². The number of benzene rings is 2. The number of rotatable bonds is 4. The lowest BCUT2D eigenvalue weighted by Crippen LogP contribution is -2.51. The molecule has 0 unspecified atom stereocenters. The minimum Gasteiger partial charge on any atom is -0.497 e. The Morgan fingerprint density at radius 2 is 1.83 bits per heavy atom. The van der Waals surface area contributed by atoms with Crippen LogP contribution in [0.25, 0.3) is 11.0 Å². The van der Waals surface area contributed by atoms with E-state index in [2.05, 4.69) is 4.98 Å². The molecule has 0 spiro atoms. The average Bonchev–Trinajstić information content (AvgIpc) is 2.76. The maximum absolute atomic E-state index is 12.8. The fourth-order valence-electron chi connectivity index (χ4n) is 3.71. The summed E-state index contributed by atoms with van der Waals surface area (Å²) in [5.74, 6) is 1.28. The van der Waals surface area contributed by atoms with Crippen LogP contribution >= 0.6 is 0 Å². The number of hydrogen-bond donors (Lipinski definition) is 0. The quantitative estimate of drug-likeness (QED) is 0.678. The van der Waals surface area contributed by atoms with Crippen LogP contribution in [0, 0.1) is 0 Å². The number of ether oxygens (including phenoxy) is 1. The van der Waals surface area contributed by atoms with Crippen molar-refractivity contribution in [2.45, 2.75) is 6.42 Å². The molecule has 1 saturated heterocycles. The Balaban J connectivity index is 1.45. The van der Waals surface area contributed by atoms with Gasteiger partial charge in [0.25, 0.3) is 5.56 Å². The Morgan fingerprint density at radius 3 is 2.59 bits per heavy atom. The van der Waals surface area contributed by atoms with Gasteiger partial charge in [0.2, 0.25) is 5.91 Å². The molecular formula is C22H24N4O3. The van der Waals surface area contributed by atoms with E-state index in [1.807, 2.05) is 58.3 Å². The van der Waals surface area contributed by atoms with Crippen LogP contribution in [0.15, 0.2) is 53.3 Å². The average molecular weight is 392 g/mol. The molecule has 0 radical (unpaired) electrons. The molecule has 0 N–H and O–H groups in total. The fraction of sp³-hybridized carbons (Fsp3) is 0.318. The van der Waals surface area contributed by atoms with Crippen molar-refractivity contribution in [3.63, 3.8) is 0 Å². The van der Waals surface area contributed by atoms with Crippen molar-refractivity contribution in [3.05, 3.63) is 64.4 Å². The Bertz CT molecular complexity index is 1100. The zero-order valence-electron chi connectivity index (χ0n) is 16.7. The predicted molar refractivity (Wildman–Crippen MR) is 112 cm³/mol. The number of hydrogen-bond acceptors (Lipinski definition) is 5. The molecule has 1 fully saturated rings. The lowest BCUT2D eigenvalue weighted by molar-refractivity contribution is -0.130. The molecule has 7 nitrogen and oxygen atoms in total. The fourth-order valence-corrected chi connectivity index (χ4v) is 3.71. The van der Waals surface area contributed by atoms with Gasteiger partial charge in [-0.15, -0.1) is 0 Å². The molecule has 1 amide bonds. The van der Waals surface area contributed by atoms with Gasteiger partial charge in [0.05, 0.1) is 24.6 Å². The number of carbonyl (C=O) groups is 1. The van der Waals surface area contributed by atoms with Gasteiger partial charge in [-0.1, -0.05) is 24.3 Å². The maximum Gasteiger partial charge on any atom is 0.293 e. The Hall–Kier alpha value is -3.35. The highest BCUT2D eigenvalue weighted by Gasteiger charge is 2.24. The lowest BCUT2D eigenvalue weighted by atomic mass is 10.1. The lowest BCUT2D eigenvalue weighted by Gasteiger charge is -2.35. The van der Waals surface area contributed by atoms with Crippen LogP contribution in [-0.4, -0.2) is 53.6 Å². The molecule has 150 valence electrons. The SMILES string of the molecule is COc1cccc(CC(=O)N2CCN(c3nc4ccccc4n(C)c3=O)CC2)c1. The molecule has 1 aliphatic heterocycles. The van der Waals surface area contributed by atoms with Crippen LogP contribution in [0.1, 0.15) is 5.56 Å². The van der Waals surface area contributed by atoms with Crippen LogP contribution in [0.4, 0.5) is 5.82 Å². The van der Waals surface area contributed by atoms with Crippen LogP contribution in [-0.2, 0) is 18.3 Å². The van der Waals surface area contributed by atoms with E-state index in [1.54, 1.807) is 18.7 Å². The predicted octanol–water partition coefficient (Wildman–Crippen LogP) is 1.83. The van der Waals surface area contributed by atoms with Crippen molar-refractivity contribution < 1.29 is 9.53 Å². The third kappa shape index (κ3) is 3.81. The summed E-state index contributed by atoms with van der Waals surface area (Å²) < 4.78 is 6.86. The summed E-state index contributed by atoms with van der Waals surface area (Å²) in [6.45, 7) is 2.32. The molecule has 29 heavy (non-hydrogen) atoms. The van der Waals surface area contributed by atoms with E-state index >= 15 is 0 Å². The van der Waals surface area contributed by atoms with E-state index in [9.17, 15) is 9.59 Å². The minimum absolute atomic E-state index is 0.0808. The summed E-state index contributed by atoms with van der Waals surface area (Å²) >= 11 is 0. The maximum atomic E-state index is 12.8. The minimum atomic E-state index is -0.111. The van der Waals surface area contributed by atoms with Gasteiger partial charge in [-0.05, 0) is 29.8 Å². The van der Waals surface area contributed by atoms with E-state index < -0.39 is 0 Å². The third-order valence-electron chi connectivity index (χ3n) is 5.39. The molecule has 2 heterocycles. The van der Waals surface area contributed by atoms with E-state index in [0.29, 0.717) is 38.4 Å². The second-order valence-electron chi connectivity index (χ2n) is 7.18. The largest absolute Gasteiger partial charge is 0.497 e. The summed E-state index contributed by atoms with van der Waals surface area (Å²) in [5.41, 5.74) is 2.43. The molecule has 0 atom stereocenters. The summed E-state index contributed by atoms with van der Waals surface area (Å²) in [6, 6.07) is 15.2. The van der Waals surface area contributed by atoms with Crippen molar-refractivity contribution in [1.29, 1.82) is 0 Å². The number of carbonyl (C=O) groups excluding carboxylic acids is 1. The molecule has 0 aliphatic carbocycles. The normalized spacial score (nSPS) is 14.3. The van der Waals surface area contributed by atoms with Crippen molar-refractivity contribution in [1.82, 2.24) is 14.5 Å². The summed E-state index contributed by atoms with van der Waals surface area (Å²) in [7, 11) is 3.38. The first kappa shape index (κ1) is 19.0. The topological polar surface area (TPSA) is 67.7 Å². The number of amides is 1. The van der Waals surface area contributed by atoms with E-state index in [1.165, 1.54) is 0 Å². The van der Waals surface area contributed by atoms with E-state index in [4.69, 9.17) is 4.74 Å². The van der Waals surface area contributed by atoms with Crippen molar-refractivity contribution >= 4 is 22.8 Å². The second-order valence-corrected chi connectivity index (χ2v) is 7.18. The first-order valence-corrected chi connectivity index (χ1v) is 9.68. The highest BCUT2D eigenvalue weighted by Crippen LogP contribution is 2.17. The second kappa shape index (κ2) is 7.95. The van der Waals surface area contributed by atoms with Gasteiger partial charge < -0.3 is 19.1 Å². The van der Waals surface area contributed by atoms with Gasteiger partial charge in [0.15, 0.2) is 5.82 Å². The molecular weight excluding hydrogens is 368 g/mol. The Kier molecular flexibility index (Phi) is 5.20. The summed E-state index contributed by atoms with van der Waals surface area (Å²) in [5, 5.41) is 0. The first-order chi connectivity index (χ1) is 14.1. The Labute approximate surface area is 169 Å². The van der Waals surface area contributed by atoms with E-state index in [-0.39, 0.29) is 11.5 Å². The highest BCUT2D eigenvalue weighted by molar-refractivity contribution is 5.79. The highest BCUT2D eigenvalue weighted by atomic mass is 16.5. The molecule has 0 saturated carbocycles. The van der Waals surface area contributed by atoms with Gasteiger partial charge in [-0.25, -0.2) is 4.98 Å². The van der Waals surface area contributed by atoms with Crippen LogP contribution < -0.4 is 15.2 Å². The van der Waals surface area contributed by atoms with E-state index in [0.717, 1.165) is 22.3 Å². The van der Waals surface area contributed by atoms with Crippen LogP contribution in [0.5, 0.6) is 5.75 Å². The number of methoxy groups -OCH3 is 1. The van der Waals surface area contributed by atoms with Crippen molar-refractivity contribution in [3.8, 4) is 5.75 Å². The van der Waals surface area contributed by atoms with Gasteiger partial charge in [0.1, 0.15) is 5.75 Å². The number of para-hydroxylation sites is 2. The summed E-state index contributed by atoms with van der Waals surface area (Å²) in [4.78, 5) is 33.9.